The minimum Gasteiger partial charge on any atom is -0.280 e. The maximum atomic E-state index is 13.4. The summed E-state index contributed by atoms with van der Waals surface area (Å²) in [7, 11) is -2.19. The second-order valence-corrected chi connectivity index (χ2v) is 9.78. The molecule has 2 aromatic carbocycles. The van der Waals surface area contributed by atoms with Crippen LogP contribution >= 0.6 is 0 Å². The Morgan fingerprint density at radius 2 is 1.62 bits per heavy atom. The number of fused-ring (bicyclic) bond motifs is 1. The van der Waals surface area contributed by atoms with Gasteiger partial charge in [-0.1, -0.05) is 12.1 Å². The molecule has 0 saturated heterocycles. The summed E-state index contributed by atoms with van der Waals surface area (Å²) in [6.45, 7) is 0. The van der Waals surface area contributed by atoms with Gasteiger partial charge in [0.1, 0.15) is 0 Å². The zero-order valence-electron chi connectivity index (χ0n) is 16.2. The lowest BCUT2D eigenvalue weighted by molar-refractivity contribution is -0.145. The number of alkyl halides is 6. The van der Waals surface area contributed by atoms with Crippen molar-refractivity contribution in [3.8, 4) is 0 Å². The van der Waals surface area contributed by atoms with Crippen molar-refractivity contribution in [1.82, 2.24) is 13.3 Å². The Hall–Kier alpha value is -2.65. The third-order valence-electron chi connectivity index (χ3n) is 4.07. The SMILES string of the molecule is CN(C)S(=O)n1c(C(F)(F)F)nc2cc(NS(=O)(=O)c3ccccc3C(F)(F)F)ccc21. The van der Waals surface area contributed by atoms with Gasteiger partial charge >= 0.3 is 12.4 Å². The molecule has 15 heteroatoms. The van der Waals surface area contributed by atoms with Gasteiger partial charge in [0.05, 0.1) is 27.2 Å². The summed E-state index contributed by atoms with van der Waals surface area (Å²) in [4.78, 5) is 2.36. The molecule has 0 bridgehead atoms. The second-order valence-electron chi connectivity index (χ2n) is 6.57. The zero-order valence-corrected chi connectivity index (χ0v) is 17.8. The topological polar surface area (TPSA) is 84.3 Å². The highest BCUT2D eigenvalue weighted by Gasteiger charge is 2.40. The van der Waals surface area contributed by atoms with Gasteiger partial charge < -0.3 is 0 Å². The molecule has 3 rings (SSSR count). The average molecular weight is 500 g/mol. The number of nitrogens with one attached hydrogen (secondary N) is 1. The number of hydrogen-bond donors (Lipinski definition) is 1. The Balaban J connectivity index is 2.10. The highest BCUT2D eigenvalue weighted by Crippen LogP contribution is 2.36. The Morgan fingerprint density at radius 3 is 2.19 bits per heavy atom. The van der Waals surface area contributed by atoms with Gasteiger partial charge in [-0.3, -0.25) is 4.72 Å². The van der Waals surface area contributed by atoms with E-state index in [0.717, 1.165) is 40.7 Å². The predicted octanol–water partition coefficient (Wildman–Crippen LogP) is 3.86. The molecule has 0 spiro atoms. The lowest BCUT2D eigenvalue weighted by atomic mass is 10.2. The van der Waals surface area contributed by atoms with E-state index >= 15 is 0 Å². The number of nitrogens with zero attached hydrogens (tertiary/aromatic N) is 3. The Bertz CT molecular complexity index is 1300. The van der Waals surface area contributed by atoms with Gasteiger partial charge in [-0.15, -0.1) is 0 Å². The first kappa shape index (κ1) is 24.0. The molecular weight excluding hydrogens is 486 g/mol. The van der Waals surface area contributed by atoms with E-state index in [-0.39, 0.29) is 16.7 Å². The summed E-state index contributed by atoms with van der Waals surface area (Å²) >= 11 is -2.30. The maximum Gasteiger partial charge on any atom is 0.450 e. The fraction of sp³-hybridized carbons (Fsp3) is 0.235. The summed E-state index contributed by atoms with van der Waals surface area (Å²) in [5.41, 5.74) is -2.32. The number of benzene rings is 2. The standard InChI is InChI=1S/C17H14F6N4O3S2/c1-26(2)31(28)27-13-8-7-10(9-12(13)24-15(27)17(21,22)23)25-32(29,30)14-6-4-3-5-11(14)16(18,19)20/h3-9,25H,1-2H3. The van der Waals surface area contributed by atoms with Crippen LogP contribution in [0.25, 0.3) is 11.0 Å². The van der Waals surface area contributed by atoms with Crippen LogP contribution in [0, 0.1) is 0 Å². The Labute approximate surface area is 180 Å². The molecule has 1 N–H and O–H groups in total. The quantitative estimate of drug-likeness (QED) is 0.540. The molecule has 1 aromatic heterocycles. The molecule has 3 aromatic rings. The van der Waals surface area contributed by atoms with Crippen molar-refractivity contribution in [2.24, 2.45) is 0 Å². The van der Waals surface area contributed by atoms with Crippen LogP contribution in [-0.2, 0) is 33.5 Å². The van der Waals surface area contributed by atoms with Crippen molar-refractivity contribution in [1.29, 1.82) is 0 Å². The fourth-order valence-corrected chi connectivity index (χ4v) is 4.99. The van der Waals surface area contributed by atoms with Crippen LogP contribution in [0.4, 0.5) is 32.0 Å². The minimum absolute atomic E-state index is 0.219. The fourth-order valence-electron chi connectivity index (χ4n) is 2.77. The largest absolute Gasteiger partial charge is 0.450 e. The number of halogens is 6. The third-order valence-corrected chi connectivity index (χ3v) is 6.82. The number of sulfonamides is 1. The first-order chi connectivity index (χ1) is 14.6. The molecule has 1 heterocycles. The minimum atomic E-state index is -4.98. The van der Waals surface area contributed by atoms with E-state index in [0.29, 0.717) is 10.0 Å². The van der Waals surface area contributed by atoms with Gasteiger partial charge in [-0.05, 0) is 30.3 Å². The van der Waals surface area contributed by atoms with Crippen LogP contribution in [0.3, 0.4) is 0 Å². The number of hydrogen-bond acceptors (Lipinski definition) is 4. The zero-order chi connectivity index (χ0) is 24.1. The van der Waals surface area contributed by atoms with E-state index in [4.69, 9.17) is 0 Å². The summed E-state index contributed by atoms with van der Waals surface area (Å²) in [6.07, 6.45) is -9.93. The van der Waals surface area contributed by atoms with Gasteiger partial charge in [0.2, 0.25) is 17.0 Å². The van der Waals surface area contributed by atoms with Crippen LogP contribution < -0.4 is 4.72 Å². The van der Waals surface area contributed by atoms with Crippen molar-refractivity contribution in [2.45, 2.75) is 17.2 Å². The number of aromatic nitrogens is 2. The van der Waals surface area contributed by atoms with Crippen molar-refractivity contribution >= 4 is 37.9 Å². The molecule has 0 aliphatic carbocycles. The first-order valence-electron chi connectivity index (χ1n) is 8.51. The summed E-state index contributed by atoms with van der Waals surface area (Å²) in [5.74, 6) is -1.48. The van der Waals surface area contributed by atoms with Crippen molar-refractivity contribution in [3.63, 3.8) is 0 Å². The smallest absolute Gasteiger partial charge is 0.280 e. The third kappa shape index (κ3) is 4.59. The van der Waals surface area contributed by atoms with Gasteiger partial charge in [-0.2, -0.15) is 26.3 Å². The van der Waals surface area contributed by atoms with E-state index in [2.05, 4.69) is 4.98 Å². The van der Waals surface area contributed by atoms with Crippen molar-refractivity contribution in [3.05, 3.63) is 53.9 Å². The molecule has 1 atom stereocenters. The van der Waals surface area contributed by atoms with E-state index in [1.165, 1.54) is 14.1 Å². The molecular formula is C17H14F6N4O3S2. The molecule has 0 aliphatic heterocycles. The monoisotopic (exact) mass is 500 g/mol. The van der Waals surface area contributed by atoms with Crippen molar-refractivity contribution < 1.29 is 39.0 Å². The summed E-state index contributed by atoms with van der Waals surface area (Å²) in [5, 5.41) is 0. The van der Waals surface area contributed by atoms with Gasteiger partial charge in [0, 0.05) is 14.1 Å². The normalized spacial score (nSPS) is 14.2. The van der Waals surface area contributed by atoms with E-state index in [9.17, 15) is 39.0 Å². The number of imidazole rings is 1. The van der Waals surface area contributed by atoms with E-state index in [1.54, 1.807) is 0 Å². The predicted molar refractivity (Wildman–Crippen MR) is 104 cm³/mol. The lowest BCUT2D eigenvalue weighted by Crippen LogP contribution is -2.26. The number of anilines is 1. The van der Waals surface area contributed by atoms with Crippen LogP contribution in [0.1, 0.15) is 11.4 Å². The van der Waals surface area contributed by atoms with Crippen molar-refractivity contribution in [2.75, 3.05) is 18.8 Å². The maximum absolute atomic E-state index is 13.4. The molecule has 174 valence electrons. The molecule has 0 saturated carbocycles. The van der Waals surface area contributed by atoms with Gasteiger partial charge in [0.15, 0.2) is 0 Å². The molecule has 0 aliphatic rings. The summed E-state index contributed by atoms with van der Waals surface area (Å²) in [6, 6.07) is 6.42. The van der Waals surface area contributed by atoms with Crippen LogP contribution in [0.2, 0.25) is 0 Å². The Kier molecular flexibility index (Phi) is 6.03. The highest BCUT2D eigenvalue weighted by atomic mass is 32.2. The molecule has 0 amide bonds. The van der Waals surface area contributed by atoms with Gasteiger partial charge in [-0.25, -0.2) is 25.9 Å². The molecule has 32 heavy (non-hydrogen) atoms. The highest BCUT2D eigenvalue weighted by molar-refractivity contribution is 7.92. The van der Waals surface area contributed by atoms with Gasteiger partial charge in [0.25, 0.3) is 10.0 Å². The van der Waals surface area contributed by atoms with Crippen LogP contribution in [-0.4, -0.2) is 40.0 Å². The van der Waals surface area contributed by atoms with Crippen LogP contribution in [0.5, 0.6) is 0 Å². The number of rotatable bonds is 5. The average Bonchev–Trinajstić information content (AvgIpc) is 3.05. The van der Waals surface area contributed by atoms with E-state index in [1.807, 2.05) is 4.72 Å². The first-order valence-corrected chi connectivity index (χ1v) is 11.1. The second kappa shape index (κ2) is 8.04. The molecule has 0 radical (unpaired) electrons. The molecule has 0 fully saturated rings. The lowest BCUT2D eigenvalue weighted by Gasteiger charge is -2.15. The van der Waals surface area contributed by atoms with Crippen LogP contribution in [0.15, 0.2) is 47.4 Å². The van der Waals surface area contributed by atoms with E-state index < -0.39 is 49.8 Å². The Morgan fingerprint density at radius 1 is 1.00 bits per heavy atom. The summed E-state index contributed by atoms with van der Waals surface area (Å²) < 4.78 is 121. The molecule has 1 unspecified atom stereocenters. The molecule has 7 nitrogen and oxygen atoms in total.